The highest BCUT2D eigenvalue weighted by molar-refractivity contribution is 5.63. The molecule has 0 saturated heterocycles. The SMILES string of the molecule is CCC(N)Cc1cccnc1N(C)c1cccc(OC)c1. The third-order valence-corrected chi connectivity index (χ3v) is 3.63. The Bertz CT molecular complexity index is 586. The maximum atomic E-state index is 6.09. The first kappa shape index (κ1) is 15.3. The molecular formula is C17H23N3O. The van der Waals surface area contributed by atoms with Crippen LogP contribution in [0.2, 0.25) is 0 Å². The molecule has 4 heteroatoms. The van der Waals surface area contributed by atoms with Crippen LogP contribution in [0.5, 0.6) is 5.75 Å². The van der Waals surface area contributed by atoms with E-state index in [4.69, 9.17) is 10.5 Å². The van der Waals surface area contributed by atoms with E-state index in [1.807, 2.05) is 43.6 Å². The van der Waals surface area contributed by atoms with E-state index in [1.54, 1.807) is 7.11 Å². The third-order valence-electron chi connectivity index (χ3n) is 3.63. The first-order valence-corrected chi connectivity index (χ1v) is 7.23. The Balaban J connectivity index is 2.31. The number of aromatic nitrogens is 1. The van der Waals surface area contributed by atoms with Crippen molar-refractivity contribution >= 4 is 11.5 Å². The molecule has 0 spiro atoms. The maximum Gasteiger partial charge on any atom is 0.135 e. The van der Waals surface area contributed by atoms with Gasteiger partial charge in [-0.25, -0.2) is 4.98 Å². The fourth-order valence-electron chi connectivity index (χ4n) is 2.26. The lowest BCUT2D eigenvalue weighted by atomic mass is 10.0. The summed E-state index contributed by atoms with van der Waals surface area (Å²) in [5.74, 6) is 1.77. The zero-order valence-electron chi connectivity index (χ0n) is 12.9. The Labute approximate surface area is 126 Å². The van der Waals surface area contributed by atoms with Crippen molar-refractivity contribution in [1.82, 2.24) is 4.98 Å². The number of hydrogen-bond donors (Lipinski definition) is 1. The van der Waals surface area contributed by atoms with Crippen molar-refractivity contribution in [3.05, 3.63) is 48.2 Å². The van der Waals surface area contributed by atoms with Crippen molar-refractivity contribution in [3.63, 3.8) is 0 Å². The van der Waals surface area contributed by atoms with Crippen LogP contribution in [0.25, 0.3) is 0 Å². The summed E-state index contributed by atoms with van der Waals surface area (Å²) >= 11 is 0. The van der Waals surface area contributed by atoms with Crippen molar-refractivity contribution in [2.45, 2.75) is 25.8 Å². The Hall–Kier alpha value is -2.07. The number of ether oxygens (including phenoxy) is 1. The van der Waals surface area contributed by atoms with Crippen LogP contribution in [0.3, 0.4) is 0 Å². The fraction of sp³-hybridized carbons (Fsp3) is 0.353. The molecule has 112 valence electrons. The molecule has 1 unspecified atom stereocenters. The number of pyridine rings is 1. The molecule has 21 heavy (non-hydrogen) atoms. The summed E-state index contributed by atoms with van der Waals surface area (Å²) in [4.78, 5) is 6.60. The van der Waals surface area contributed by atoms with E-state index < -0.39 is 0 Å². The van der Waals surface area contributed by atoms with Gasteiger partial charge < -0.3 is 15.4 Å². The molecule has 2 aromatic rings. The van der Waals surface area contributed by atoms with Gasteiger partial charge in [-0.2, -0.15) is 0 Å². The van der Waals surface area contributed by atoms with Gasteiger partial charge in [-0.15, -0.1) is 0 Å². The molecule has 0 bridgehead atoms. The zero-order chi connectivity index (χ0) is 15.2. The predicted molar refractivity (Wildman–Crippen MR) is 87.3 cm³/mol. The number of anilines is 2. The maximum absolute atomic E-state index is 6.09. The van der Waals surface area contributed by atoms with Crippen molar-refractivity contribution in [2.24, 2.45) is 5.73 Å². The van der Waals surface area contributed by atoms with Crippen LogP contribution in [0.1, 0.15) is 18.9 Å². The summed E-state index contributed by atoms with van der Waals surface area (Å²) in [5, 5.41) is 0. The van der Waals surface area contributed by atoms with Crippen molar-refractivity contribution < 1.29 is 4.74 Å². The second kappa shape index (κ2) is 7.09. The van der Waals surface area contributed by atoms with Gasteiger partial charge in [0.2, 0.25) is 0 Å². The average Bonchev–Trinajstić information content (AvgIpc) is 2.54. The van der Waals surface area contributed by atoms with Gasteiger partial charge in [-0.3, -0.25) is 0 Å². The standard InChI is InChI=1S/C17H23N3O/c1-4-14(18)11-13-7-6-10-19-17(13)20(2)15-8-5-9-16(12-15)21-3/h5-10,12,14H,4,11,18H2,1-3H3. The summed E-state index contributed by atoms with van der Waals surface area (Å²) in [7, 11) is 3.68. The Morgan fingerprint density at radius 1 is 1.29 bits per heavy atom. The molecule has 0 radical (unpaired) electrons. The number of methoxy groups -OCH3 is 1. The van der Waals surface area contributed by atoms with Crippen molar-refractivity contribution in [1.29, 1.82) is 0 Å². The first-order chi connectivity index (χ1) is 10.2. The second-order valence-corrected chi connectivity index (χ2v) is 5.12. The minimum Gasteiger partial charge on any atom is -0.497 e. The molecule has 0 amide bonds. The topological polar surface area (TPSA) is 51.4 Å². The van der Waals surface area contributed by atoms with Crippen LogP contribution < -0.4 is 15.4 Å². The smallest absolute Gasteiger partial charge is 0.135 e. The molecule has 2 rings (SSSR count). The molecule has 2 N–H and O–H groups in total. The molecular weight excluding hydrogens is 262 g/mol. The van der Waals surface area contributed by atoms with Crippen LogP contribution in [0.4, 0.5) is 11.5 Å². The largest absolute Gasteiger partial charge is 0.497 e. The third kappa shape index (κ3) is 3.73. The summed E-state index contributed by atoms with van der Waals surface area (Å²) in [6.07, 6.45) is 3.60. The molecule has 0 aliphatic carbocycles. The van der Waals surface area contributed by atoms with E-state index in [0.29, 0.717) is 0 Å². The number of rotatable bonds is 6. The summed E-state index contributed by atoms with van der Waals surface area (Å²) < 4.78 is 5.29. The van der Waals surface area contributed by atoms with Crippen LogP contribution in [0, 0.1) is 0 Å². The number of nitrogens with zero attached hydrogens (tertiary/aromatic N) is 2. The minimum absolute atomic E-state index is 0.159. The van der Waals surface area contributed by atoms with Gasteiger partial charge in [0.1, 0.15) is 11.6 Å². The quantitative estimate of drug-likeness (QED) is 0.886. The van der Waals surface area contributed by atoms with E-state index in [0.717, 1.165) is 35.7 Å². The highest BCUT2D eigenvalue weighted by Crippen LogP contribution is 2.28. The molecule has 0 fully saturated rings. The highest BCUT2D eigenvalue weighted by atomic mass is 16.5. The van der Waals surface area contributed by atoms with E-state index in [9.17, 15) is 0 Å². The van der Waals surface area contributed by atoms with Gasteiger partial charge in [0.15, 0.2) is 0 Å². The van der Waals surface area contributed by atoms with E-state index in [1.165, 1.54) is 0 Å². The molecule has 1 atom stereocenters. The molecule has 1 aromatic carbocycles. The Morgan fingerprint density at radius 2 is 2.10 bits per heavy atom. The van der Waals surface area contributed by atoms with Gasteiger partial charge in [-0.1, -0.05) is 19.1 Å². The molecule has 0 saturated carbocycles. The van der Waals surface area contributed by atoms with Gasteiger partial charge in [0.05, 0.1) is 7.11 Å². The molecule has 4 nitrogen and oxygen atoms in total. The second-order valence-electron chi connectivity index (χ2n) is 5.12. The lowest BCUT2D eigenvalue weighted by Gasteiger charge is -2.22. The van der Waals surface area contributed by atoms with Crippen LogP contribution >= 0.6 is 0 Å². The average molecular weight is 285 g/mol. The van der Waals surface area contributed by atoms with Crippen molar-refractivity contribution in [3.8, 4) is 5.75 Å². The molecule has 0 aliphatic rings. The minimum atomic E-state index is 0.159. The Morgan fingerprint density at radius 3 is 2.81 bits per heavy atom. The molecule has 1 heterocycles. The number of nitrogens with two attached hydrogens (primary N) is 1. The van der Waals surface area contributed by atoms with Gasteiger partial charge in [0.25, 0.3) is 0 Å². The van der Waals surface area contributed by atoms with Gasteiger partial charge in [0, 0.05) is 31.0 Å². The van der Waals surface area contributed by atoms with Gasteiger partial charge in [-0.05, 0) is 36.6 Å². The van der Waals surface area contributed by atoms with Crippen LogP contribution in [-0.2, 0) is 6.42 Å². The summed E-state index contributed by atoms with van der Waals surface area (Å²) in [5.41, 5.74) is 8.30. The van der Waals surface area contributed by atoms with Crippen LogP contribution in [0.15, 0.2) is 42.6 Å². The number of benzene rings is 1. The molecule has 0 aliphatic heterocycles. The van der Waals surface area contributed by atoms with E-state index in [2.05, 4.69) is 22.9 Å². The van der Waals surface area contributed by atoms with E-state index in [-0.39, 0.29) is 6.04 Å². The summed E-state index contributed by atoms with van der Waals surface area (Å²) in [6, 6.07) is 12.2. The summed E-state index contributed by atoms with van der Waals surface area (Å²) in [6.45, 7) is 2.10. The zero-order valence-corrected chi connectivity index (χ0v) is 12.9. The monoisotopic (exact) mass is 285 g/mol. The lowest BCUT2D eigenvalue weighted by molar-refractivity contribution is 0.415. The Kier molecular flexibility index (Phi) is 5.17. The predicted octanol–water partition coefficient (Wildman–Crippen LogP) is 3.14. The fourth-order valence-corrected chi connectivity index (χ4v) is 2.26. The highest BCUT2D eigenvalue weighted by Gasteiger charge is 2.13. The van der Waals surface area contributed by atoms with E-state index >= 15 is 0 Å². The first-order valence-electron chi connectivity index (χ1n) is 7.23. The lowest BCUT2D eigenvalue weighted by Crippen LogP contribution is -2.23. The van der Waals surface area contributed by atoms with Crippen LogP contribution in [-0.4, -0.2) is 25.2 Å². The van der Waals surface area contributed by atoms with Gasteiger partial charge >= 0.3 is 0 Å². The molecule has 1 aromatic heterocycles. The normalized spacial score (nSPS) is 12.0. The van der Waals surface area contributed by atoms with Crippen molar-refractivity contribution in [2.75, 3.05) is 19.1 Å². The number of hydrogen-bond acceptors (Lipinski definition) is 4.